The van der Waals surface area contributed by atoms with Crippen LogP contribution in [0.5, 0.6) is 17.2 Å². The Bertz CT molecular complexity index is 869. The Morgan fingerprint density at radius 3 is 2.33 bits per heavy atom. The number of rotatable bonds is 8. The third-order valence-electron chi connectivity index (χ3n) is 3.63. The maximum Gasteiger partial charge on any atom is 0.288 e. The fourth-order valence-corrected chi connectivity index (χ4v) is 2.54. The third-order valence-corrected chi connectivity index (χ3v) is 3.95. The second-order valence-electron chi connectivity index (χ2n) is 5.31. The van der Waals surface area contributed by atoms with Crippen LogP contribution < -0.4 is 14.2 Å². The van der Waals surface area contributed by atoms with Crippen LogP contribution in [0.2, 0.25) is 5.02 Å². The van der Waals surface area contributed by atoms with E-state index in [0.717, 1.165) is 6.07 Å². The molecule has 0 aliphatic carbocycles. The van der Waals surface area contributed by atoms with E-state index in [1.54, 1.807) is 18.2 Å². The molecule has 2 aromatic rings. The first-order valence-corrected chi connectivity index (χ1v) is 8.34. The second-order valence-corrected chi connectivity index (χ2v) is 5.72. The standard InChI is InChI=1S/C19H18ClNO6/c1-4-27-19-17(25-2)9-12(10-18(19)26-3)5-8-16(22)13-6-7-14(20)15(11-13)21(23)24/h5-11H,4H2,1-3H3/b8-5+. The summed E-state index contributed by atoms with van der Waals surface area (Å²) in [4.78, 5) is 22.7. The summed E-state index contributed by atoms with van der Waals surface area (Å²) in [6.45, 7) is 2.28. The van der Waals surface area contributed by atoms with Crippen molar-refractivity contribution in [3.8, 4) is 17.2 Å². The summed E-state index contributed by atoms with van der Waals surface area (Å²) >= 11 is 5.77. The summed E-state index contributed by atoms with van der Waals surface area (Å²) in [5.41, 5.74) is 0.483. The molecule has 0 N–H and O–H groups in total. The SMILES string of the molecule is CCOc1c(OC)cc(/C=C/C(=O)c2ccc(Cl)c([N+](=O)[O-])c2)cc1OC. The first-order chi connectivity index (χ1) is 12.9. The first-order valence-electron chi connectivity index (χ1n) is 7.96. The molecule has 0 saturated heterocycles. The molecule has 0 unspecified atom stereocenters. The maximum atomic E-state index is 12.3. The minimum Gasteiger partial charge on any atom is -0.493 e. The monoisotopic (exact) mass is 391 g/mol. The summed E-state index contributed by atoms with van der Waals surface area (Å²) in [6.07, 6.45) is 2.87. The number of carbonyl (C=O) groups excluding carboxylic acids is 1. The summed E-state index contributed by atoms with van der Waals surface area (Å²) in [7, 11) is 3.01. The lowest BCUT2D eigenvalue weighted by Crippen LogP contribution is -1.99. The number of nitro benzene ring substituents is 1. The number of ketones is 1. The van der Waals surface area contributed by atoms with Crippen molar-refractivity contribution in [3.05, 3.63) is 62.7 Å². The highest BCUT2D eigenvalue weighted by Gasteiger charge is 2.16. The average molecular weight is 392 g/mol. The van der Waals surface area contributed by atoms with Crippen LogP contribution in [-0.4, -0.2) is 31.5 Å². The van der Waals surface area contributed by atoms with Gasteiger partial charge >= 0.3 is 0 Å². The summed E-state index contributed by atoms with van der Waals surface area (Å²) in [5.74, 6) is 0.997. The van der Waals surface area contributed by atoms with Crippen molar-refractivity contribution in [1.29, 1.82) is 0 Å². The Morgan fingerprint density at radius 1 is 1.19 bits per heavy atom. The number of ether oxygens (including phenoxy) is 3. The van der Waals surface area contributed by atoms with E-state index >= 15 is 0 Å². The third kappa shape index (κ3) is 4.77. The van der Waals surface area contributed by atoms with E-state index in [4.69, 9.17) is 25.8 Å². The zero-order valence-electron chi connectivity index (χ0n) is 15.0. The van der Waals surface area contributed by atoms with Gasteiger partial charge in [-0.3, -0.25) is 14.9 Å². The molecule has 0 aliphatic rings. The van der Waals surface area contributed by atoms with Crippen LogP contribution in [0.4, 0.5) is 5.69 Å². The fourth-order valence-electron chi connectivity index (χ4n) is 2.36. The number of hydrogen-bond acceptors (Lipinski definition) is 6. The highest BCUT2D eigenvalue weighted by Crippen LogP contribution is 2.39. The van der Waals surface area contributed by atoms with Crippen LogP contribution in [0.1, 0.15) is 22.8 Å². The molecule has 0 spiro atoms. The maximum absolute atomic E-state index is 12.3. The van der Waals surface area contributed by atoms with Crippen LogP contribution in [0.3, 0.4) is 0 Å². The van der Waals surface area contributed by atoms with Crippen LogP contribution in [0, 0.1) is 10.1 Å². The zero-order chi connectivity index (χ0) is 20.0. The van der Waals surface area contributed by atoms with Crippen molar-refractivity contribution >= 4 is 29.1 Å². The second kappa shape index (κ2) is 9.05. The van der Waals surface area contributed by atoms with Gasteiger partial charge in [-0.05, 0) is 42.8 Å². The lowest BCUT2D eigenvalue weighted by atomic mass is 10.1. The molecule has 7 nitrogen and oxygen atoms in total. The van der Waals surface area contributed by atoms with E-state index in [9.17, 15) is 14.9 Å². The minimum absolute atomic E-state index is 0.0264. The number of nitro groups is 1. The Kier molecular flexibility index (Phi) is 6.79. The highest BCUT2D eigenvalue weighted by molar-refractivity contribution is 6.32. The predicted octanol–water partition coefficient (Wildman–Crippen LogP) is 4.56. The molecule has 142 valence electrons. The Balaban J connectivity index is 2.33. The molecular formula is C19H18ClNO6. The van der Waals surface area contributed by atoms with Gasteiger partial charge in [0, 0.05) is 11.6 Å². The molecule has 0 aromatic heterocycles. The molecule has 0 bridgehead atoms. The Hall–Kier alpha value is -3.06. The number of allylic oxidation sites excluding steroid dienone is 1. The van der Waals surface area contributed by atoms with Crippen molar-refractivity contribution in [2.24, 2.45) is 0 Å². The van der Waals surface area contributed by atoms with Crippen molar-refractivity contribution in [2.45, 2.75) is 6.92 Å². The molecule has 27 heavy (non-hydrogen) atoms. The lowest BCUT2D eigenvalue weighted by Gasteiger charge is -2.14. The van der Waals surface area contributed by atoms with Gasteiger partial charge in [-0.1, -0.05) is 17.7 Å². The molecular weight excluding hydrogens is 374 g/mol. The average Bonchev–Trinajstić information content (AvgIpc) is 2.66. The van der Waals surface area contributed by atoms with E-state index in [0.29, 0.717) is 29.4 Å². The number of carbonyl (C=O) groups is 1. The van der Waals surface area contributed by atoms with E-state index < -0.39 is 10.7 Å². The van der Waals surface area contributed by atoms with Crippen LogP contribution in [0.15, 0.2) is 36.4 Å². The molecule has 2 rings (SSSR count). The summed E-state index contributed by atoms with van der Waals surface area (Å²) in [6, 6.07) is 7.29. The van der Waals surface area contributed by atoms with E-state index in [1.165, 1.54) is 32.4 Å². The van der Waals surface area contributed by atoms with Gasteiger partial charge in [0.25, 0.3) is 5.69 Å². The van der Waals surface area contributed by atoms with Gasteiger partial charge in [0.05, 0.1) is 25.7 Å². The number of hydrogen-bond donors (Lipinski definition) is 0. The molecule has 0 radical (unpaired) electrons. The molecule has 2 aromatic carbocycles. The molecule has 0 heterocycles. The molecule has 0 atom stereocenters. The topological polar surface area (TPSA) is 87.9 Å². The van der Waals surface area contributed by atoms with Gasteiger partial charge in [0.1, 0.15) is 5.02 Å². The Morgan fingerprint density at radius 2 is 1.81 bits per heavy atom. The van der Waals surface area contributed by atoms with Crippen molar-refractivity contribution in [2.75, 3.05) is 20.8 Å². The van der Waals surface area contributed by atoms with Crippen molar-refractivity contribution in [1.82, 2.24) is 0 Å². The number of halogens is 1. The first kappa shape index (κ1) is 20.3. The molecule has 0 aliphatic heterocycles. The summed E-state index contributed by atoms with van der Waals surface area (Å²) in [5, 5.41) is 10.9. The largest absolute Gasteiger partial charge is 0.493 e. The predicted molar refractivity (Wildman–Crippen MR) is 102 cm³/mol. The fraction of sp³-hybridized carbons (Fsp3) is 0.211. The summed E-state index contributed by atoms with van der Waals surface area (Å²) < 4.78 is 16.2. The smallest absolute Gasteiger partial charge is 0.288 e. The van der Waals surface area contributed by atoms with Gasteiger partial charge in [-0.2, -0.15) is 0 Å². The van der Waals surface area contributed by atoms with Gasteiger partial charge in [0.2, 0.25) is 5.75 Å². The zero-order valence-corrected chi connectivity index (χ0v) is 15.8. The lowest BCUT2D eigenvalue weighted by molar-refractivity contribution is -0.384. The number of nitrogens with zero attached hydrogens (tertiary/aromatic N) is 1. The van der Waals surface area contributed by atoms with Gasteiger partial charge in [0.15, 0.2) is 17.3 Å². The van der Waals surface area contributed by atoms with E-state index in [2.05, 4.69) is 0 Å². The minimum atomic E-state index is -0.634. The van der Waals surface area contributed by atoms with Crippen molar-refractivity contribution < 1.29 is 23.9 Å². The van der Waals surface area contributed by atoms with Crippen LogP contribution in [-0.2, 0) is 0 Å². The number of methoxy groups -OCH3 is 2. The van der Waals surface area contributed by atoms with Crippen LogP contribution in [0.25, 0.3) is 6.08 Å². The van der Waals surface area contributed by atoms with Gasteiger partial charge in [-0.15, -0.1) is 0 Å². The molecule has 8 heteroatoms. The number of benzene rings is 2. The highest BCUT2D eigenvalue weighted by atomic mass is 35.5. The van der Waals surface area contributed by atoms with E-state index in [-0.39, 0.29) is 16.3 Å². The van der Waals surface area contributed by atoms with E-state index in [1.807, 2.05) is 6.92 Å². The molecule has 0 amide bonds. The Labute approximate surface area is 161 Å². The van der Waals surface area contributed by atoms with Crippen molar-refractivity contribution in [3.63, 3.8) is 0 Å². The van der Waals surface area contributed by atoms with Gasteiger partial charge in [-0.25, -0.2) is 0 Å². The molecule has 0 saturated carbocycles. The van der Waals surface area contributed by atoms with Crippen LogP contribution >= 0.6 is 11.6 Å². The quantitative estimate of drug-likeness (QED) is 0.283. The molecule has 0 fully saturated rings. The van der Waals surface area contributed by atoms with Gasteiger partial charge < -0.3 is 14.2 Å². The normalized spacial score (nSPS) is 10.7.